The highest BCUT2D eigenvalue weighted by Gasteiger charge is 2.19. The number of aromatic carboxylic acids is 1. The van der Waals surface area contributed by atoms with Crippen molar-refractivity contribution in [3.63, 3.8) is 0 Å². The Morgan fingerprint density at radius 2 is 1.95 bits per heavy atom. The molecule has 1 aromatic carbocycles. The minimum atomic E-state index is -1.19. The Morgan fingerprint density at radius 3 is 2.57 bits per heavy atom. The molecule has 0 fully saturated rings. The summed E-state index contributed by atoms with van der Waals surface area (Å²) in [6.45, 7) is 0. The first-order valence-corrected chi connectivity index (χ1v) is 6.49. The van der Waals surface area contributed by atoms with E-state index in [9.17, 15) is 13.6 Å². The monoisotopic (exact) mass is 353 g/mol. The van der Waals surface area contributed by atoms with Crippen LogP contribution in [0.1, 0.15) is 10.4 Å². The molecule has 0 saturated heterocycles. The predicted octanol–water partition coefficient (Wildman–Crippen LogP) is 3.36. The smallest absolute Gasteiger partial charge is 0.338 e. The molecule has 0 aliphatic rings. The summed E-state index contributed by atoms with van der Waals surface area (Å²) in [7, 11) is 0. The highest BCUT2D eigenvalue weighted by Crippen LogP contribution is 2.29. The number of pyridine rings is 1. The van der Waals surface area contributed by atoms with Crippen molar-refractivity contribution in [2.24, 2.45) is 0 Å². The third kappa shape index (κ3) is 2.27. The molecule has 0 spiro atoms. The third-order valence-electron chi connectivity index (χ3n) is 2.87. The lowest BCUT2D eigenvalue weighted by molar-refractivity contribution is 0.0698. The molecule has 2 N–H and O–H groups in total. The molecule has 21 heavy (non-hydrogen) atoms. The van der Waals surface area contributed by atoms with E-state index < -0.39 is 17.6 Å². The molecule has 2 heterocycles. The Kier molecular flexibility index (Phi) is 3.17. The van der Waals surface area contributed by atoms with Crippen LogP contribution >= 0.6 is 15.9 Å². The molecular formula is C13H6BrF2N3O2. The van der Waals surface area contributed by atoms with Crippen molar-refractivity contribution >= 4 is 33.1 Å². The number of aromatic nitrogens is 3. The van der Waals surface area contributed by atoms with Crippen molar-refractivity contribution in [2.45, 2.75) is 0 Å². The molecule has 8 heteroatoms. The van der Waals surface area contributed by atoms with Crippen molar-refractivity contribution in [3.8, 4) is 11.4 Å². The predicted molar refractivity (Wildman–Crippen MR) is 73.9 cm³/mol. The maximum atomic E-state index is 13.9. The number of carbonyl (C=O) groups is 1. The van der Waals surface area contributed by atoms with E-state index in [1.165, 1.54) is 12.3 Å². The van der Waals surface area contributed by atoms with Gasteiger partial charge >= 0.3 is 5.97 Å². The Morgan fingerprint density at radius 1 is 1.29 bits per heavy atom. The molecule has 0 saturated carbocycles. The molecule has 0 atom stereocenters. The van der Waals surface area contributed by atoms with Gasteiger partial charge in [-0.2, -0.15) is 0 Å². The van der Waals surface area contributed by atoms with Gasteiger partial charge in [-0.05, 0) is 18.2 Å². The van der Waals surface area contributed by atoms with Crippen LogP contribution < -0.4 is 0 Å². The third-order valence-corrected chi connectivity index (χ3v) is 3.32. The van der Waals surface area contributed by atoms with E-state index >= 15 is 0 Å². The molecule has 0 bridgehead atoms. The first kappa shape index (κ1) is 13.6. The van der Waals surface area contributed by atoms with Crippen molar-refractivity contribution in [3.05, 3.63) is 46.1 Å². The SMILES string of the molecule is O=C(O)c1ccnc2nc(-c3c(F)cc(Br)cc3F)[nH]c12. The second kappa shape index (κ2) is 4.88. The number of nitrogens with one attached hydrogen (secondary N) is 1. The fourth-order valence-corrected chi connectivity index (χ4v) is 2.38. The van der Waals surface area contributed by atoms with Gasteiger partial charge in [0.25, 0.3) is 0 Å². The quantitative estimate of drug-likeness (QED) is 0.740. The van der Waals surface area contributed by atoms with E-state index in [4.69, 9.17) is 5.11 Å². The Bertz CT molecular complexity index is 856. The number of imidazole rings is 1. The first-order valence-electron chi connectivity index (χ1n) is 5.70. The molecule has 0 amide bonds. The molecule has 5 nitrogen and oxygen atoms in total. The number of carboxylic acids is 1. The lowest BCUT2D eigenvalue weighted by Crippen LogP contribution is -1.97. The molecule has 3 aromatic rings. The minimum Gasteiger partial charge on any atom is -0.478 e. The van der Waals surface area contributed by atoms with E-state index in [0.29, 0.717) is 0 Å². The van der Waals surface area contributed by atoms with Crippen molar-refractivity contribution in [1.82, 2.24) is 15.0 Å². The van der Waals surface area contributed by atoms with Gasteiger partial charge < -0.3 is 10.1 Å². The summed E-state index contributed by atoms with van der Waals surface area (Å²) in [5.41, 5.74) is -0.252. The number of fused-ring (bicyclic) bond motifs is 1. The highest BCUT2D eigenvalue weighted by atomic mass is 79.9. The van der Waals surface area contributed by atoms with Crippen LogP contribution in [0, 0.1) is 11.6 Å². The highest BCUT2D eigenvalue weighted by molar-refractivity contribution is 9.10. The second-order valence-electron chi connectivity index (χ2n) is 4.19. The number of aromatic amines is 1. The minimum absolute atomic E-state index is 0.0725. The van der Waals surface area contributed by atoms with Crippen molar-refractivity contribution in [1.29, 1.82) is 0 Å². The summed E-state index contributed by atoms with van der Waals surface area (Å²) in [5.74, 6) is -2.95. The average Bonchev–Trinajstić information content (AvgIpc) is 2.79. The zero-order chi connectivity index (χ0) is 15.1. The number of carboxylic acid groups (broad SMARTS) is 1. The zero-order valence-corrected chi connectivity index (χ0v) is 11.8. The standard InChI is InChI=1S/C13H6BrF2N3O2/c14-5-3-7(15)9(8(16)4-5)11-18-10-6(13(20)21)1-2-17-12(10)19-11/h1-4H,(H,20,21)(H,17,18,19). The summed E-state index contributed by atoms with van der Waals surface area (Å²) in [6, 6.07) is 3.47. The summed E-state index contributed by atoms with van der Waals surface area (Å²) in [6.07, 6.45) is 1.27. The first-order chi connectivity index (χ1) is 9.97. The topological polar surface area (TPSA) is 78.9 Å². The number of rotatable bonds is 2. The number of halogens is 3. The van der Waals surface area contributed by atoms with Crippen LogP contribution in [0.4, 0.5) is 8.78 Å². The van der Waals surface area contributed by atoms with Crippen LogP contribution in [0.25, 0.3) is 22.6 Å². The van der Waals surface area contributed by atoms with Gasteiger partial charge in [0.15, 0.2) is 5.65 Å². The number of nitrogens with zero attached hydrogens (tertiary/aromatic N) is 2. The van der Waals surface area contributed by atoms with E-state index in [2.05, 4.69) is 30.9 Å². The van der Waals surface area contributed by atoms with Crippen molar-refractivity contribution in [2.75, 3.05) is 0 Å². The number of hydrogen-bond donors (Lipinski definition) is 2. The molecule has 3 rings (SSSR count). The van der Waals surface area contributed by atoms with E-state index in [-0.39, 0.29) is 32.6 Å². The van der Waals surface area contributed by atoms with Gasteiger partial charge in [0.05, 0.1) is 16.6 Å². The Labute approximate surface area is 124 Å². The molecule has 0 radical (unpaired) electrons. The lowest BCUT2D eigenvalue weighted by Gasteiger charge is -2.02. The number of H-pyrrole nitrogens is 1. The maximum absolute atomic E-state index is 13.9. The summed E-state index contributed by atoms with van der Waals surface area (Å²) in [5, 5.41) is 9.08. The van der Waals surface area contributed by atoms with Gasteiger partial charge in [-0.3, -0.25) is 0 Å². The Hall–Kier alpha value is -2.35. The van der Waals surface area contributed by atoms with Crippen LogP contribution in [0.15, 0.2) is 28.9 Å². The lowest BCUT2D eigenvalue weighted by atomic mass is 10.2. The fourth-order valence-electron chi connectivity index (χ4n) is 1.98. The number of benzene rings is 1. The van der Waals surface area contributed by atoms with Crippen LogP contribution in [-0.4, -0.2) is 26.0 Å². The van der Waals surface area contributed by atoms with E-state index in [0.717, 1.165) is 12.1 Å². The van der Waals surface area contributed by atoms with Crippen LogP contribution in [0.3, 0.4) is 0 Å². The second-order valence-corrected chi connectivity index (χ2v) is 5.11. The summed E-state index contributed by atoms with van der Waals surface area (Å²) in [4.78, 5) is 21.6. The maximum Gasteiger partial charge on any atom is 0.338 e. The van der Waals surface area contributed by atoms with E-state index in [1.54, 1.807) is 0 Å². The Balaban J connectivity index is 2.28. The average molecular weight is 354 g/mol. The van der Waals surface area contributed by atoms with Gasteiger partial charge in [-0.15, -0.1) is 0 Å². The zero-order valence-electron chi connectivity index (χ0n) is 10.2. The normalized spacial score (nSPS) is 11.0. The summed E-state index contributed by atoms with van der Waals surface area (Å²) >= 11 is 2.98. The van der Waals surface area contributed by atoms with Gasteiger partial charge in [0.1, 0.15) is 17.5 Å². The molecule has 2 aromatic heterocycles. The largest absolute Gasteiger partial charge is 0.478 e. The van der Waals surface area contributed by atoms with Crippen LogP contribution in [0.2, 0.25) is 0 Å². The van der Waals surface area contributed by atoms with E-state index in [1.807, 2.05) is 0 Å². The molecule has 106 valence electrons. The van der Waals surface area contributed by atoms with Gasteiger partial charge in [-0.25, -0.2) is 23.5 Å². The molecule has 0 aliphatic carbocycles. The van der Waals surface area contributed by atoms with Gasteiger partial charge in [-0.1, -0.05) is 15.9 Å². The van der Waals surface area contributed by atoms with Crippen molar-refractivity contribution < 1.29 is 18.7 Å². The van der Waals surface area contributed by atoms with Crippen LogP contribution in [0.5, 0.6) is 0 Å². The van der Waals surface area contributed by atoms with Gasteiger partial charge in [0, 0.05) is 10.7 Å². The number of hydrogen-bond acceptors (Lipinski definition) is 3. The van der Waals surface area contributed by atoms with Gasteiger partial charge in [0.2, 0.25) is 0 Å². The molecular weight excluding hydrogens is 348 g/mol. The molecule has 0 unspecified atom stereocenters. The summed E-state index contributed by atoms with van der Waals surface area (Å²) < 4.78 is 28.1. The fraction of sp³-hybridized carbons (Fsp3) is 0. The molecule has 0 aliphatic heterocycles. The van der Waals surface area contributed by atoms with Crippen LogP contribution in [-0.2, 0) is 0 Å².